The Morgan fingerprint density at radius 1 is 0.952 bits per heavy atom. The monoisotopic (exact) mass is 508 g/mol. The van der Waals surface area contributed by atoms with Crippen molar-refractivity contribution in [1.29, 1.82) is 0 Å². The molecule has 0 amide bonds. The highest BCUT2D eigenvalue weighted by Crippen LogP contribution is 2.20. The number of hydrogen-bond acceptors (Lipinski definition) is 4. The lowest BCUT2D eigenvalue weighted by Crippen LogP contribution is -2.19. The molecule has 0 aliphatic heterocycles. The van der Waals surface area contributed by atoms with E-state index in [0.29, 0.717) is 11.3 Å². The van der Waals surface area contributed by atoms with Gasteiger partial charge < -0.3 is 9.47 Å². The normalized spacial score (nSPS) is 10.0. The van der Waals surface area contributed by atoms with E-state index in [2.05, 4.69) is 45.2 Å². The number of carbonyl (C=O) groups is 2. The fourth-order valence-electron chi connectivity index (χ4n) is 1.51. The van der Waals surface area contributed by atoms with Gasteiger partial charge in [-0.25, -0.2) is 9.59 Å². The minimum atomic E-state index is -0.616. The van der Waals surface area contributed by atoms with Gasteiger partial charge in [-0.3, -0.25) is 0 Å². The molecule has 4 nitrogen and oxygen atoms in total. The van der Waals surface area contributed by atoms with E-state index in [1.54, 1.807) is 36.4 Å². The fraction of sp³-hybridized carbons (Fsp3) is 0.0667. The quantitative estimate of drug-likeness (QED) is 0.360. The molecule has 0 radical (unpaired) electrons. The summed E-state index contributed by atoms with van der Waals surface area (Å²) in [5.74, 6) is -0.736. The Kier molecular flexibility index (Phi) is 5.97. The van der Waals surface area contributed by atoms with Gasteiger partial charge in [-0.2, -0.15) is 0 Å². The average Bonchev–Trinajstić information content (AvgIpc) is 2.48. The summed E-state index contributed by atoms with van der Waals surface area (Å²) in [6, 6.07) is 14.0. The topological polar surface area (TPSA) is 52.6 Å². The summed E-state index contributed by atoms with van der Waals surface area (Å²) >= 11 is 4.20. The van der Waals surface area contributed by atoms with Crippen molar-refractivity contribution in [2.75, 3.05) is 6.61 Å². The van der Waals surface area contributed by atoms with E-state index in [4.69, 9.17) is 9.47 Å². The largest absolute Gasteiger partial charge is 0.450 e. The number of rotatable bonds is 4. The Balaban J connectivity index is 1.92. The molecule has 2 aromatic carbocycles. The number of ether oxygens (including phenoxy) is 2. The van der Waals surface area contributed by atoms with Crippen LogP contribution < -0.4 is 4.74 Å². The average molecular weight is 508 g/mol. The van der Waals surface area contributed by atoms with Crippen LogP contribution in [0.2, 0.25) is 0 Å². The first kappa shape index (κ1) is 16.2. The van der Waals surface area contributed by atoms with Crippen molar-refractivity contribution in [3.05, 3.63) is 61.2 Å². The molecular formula is C15H10I2O4. The number of esters is 2. The predicted octanol–water partition coefficient (Wildman–Crippen LogP) is 3.66. The second-order valence-electron chi connectivity index (χ2n) is 3.96. The molecule has 6 heteroatoms. The summed E-state index contributed by atoms with van der Waals surface area (Å²) in [6.45, 7) is -0.421. The molecule has 0 aromatic heterocycles. The second-order valence-corrected chi connectivity index (χ2v) is 6.21. The minimum Gasteiger partial charge on any atom is -0.450 e. The van der Waals surface area contributed by atoms with Crippen LogP contribution in [0.3, 0.4) is 0 Å². The molecule has 0 aliphatic rings. The third-order valence-corrected chi connectivity index (χ3v) is 5.56. The van der Waals surface area contributed by atoms with Crippen LogP contribution in [0.15, 0.2) is 48.5 Å². The zero-order chi connectivity index (χ0) is 15.2. The zero-order valence-electron chi connectivity index (χ0n) is 10.7. The maximum Gasteiger partial charge on any atom is 0.349 e. The maximum atomic E-state index is 11.9. The summed E-state index contributed by atoms with van der Waals surface area (Å²) in [5, 5.41) is 0. The van der Waals surface area contributed by atoms with Gasteiger partial charge in [0.2, 0.25) is 0 Å². The highest BCUT2D eigenvalue weighted by molar-refractivity contribution is 14.1. The number of carbonyl (C=O) groups excluding carboxylic acids is 2. The molecule has 0 spiro atoms. The van der Waals surface area contributed by atoms with Gasteiger partial charge in [-0.1, -0.05) is 24.3 Å². The van der Waals surface area contributed by atoms with Crippen molar-refractivity contribution in [3.63, 3.8) is 0 Å². The summed E-state index contributed by atoms with van der Waals surface area (Å²) in [5.41, 5.74) is 0.440. The van der Waals surface area contributed by atoms with Gasteiger partial charge in [-0.05, 0) is 69.4 Å². The van der Waals surface area contributed by atoms with Gasteiger partial charge >= 0.3 is 11.9 Å². The van der Waals surface area contributed by atoms with Gasteiger partial charge in [0.1, 0.15) is 5.75 Å². The predicted molar refractivity (Wildman–Crippen MR) is 94.2 cm³/mol. The first-order valence-electron chi connectivity index (χ1n) is 5.95. The Bertz CT molecular complexity index is 656. The van der Waals surface area contributed by atoms with Crippen LogP contribution in [0.25, 0.3) is 0 Å². The van der Waals surface area contributed by atoms with Gasteiger partial charge in [0.25, 0.3) is 0 Å². The first-order valence-corrected chi connectivity index (χ1v) is 8.10. The van der Waals surface area contributed by atoms with E-state index in [0.717, 1.165) is 7.14 Å². The number of halogens is 2. The lowest BCUT2D eigenvalue weighted by Gasteiger charge is -2.07. The van der Waals surface area contributed by atoms with Crippen LogP contribution in [0, 0.1) is 7.14 Å². The Morgan fingerprint density at radius 2 is 1.67 bits per heavy atom. The van der Waals surface area contributed by atoms with Gasteiger partial charge in [0, 0.05) is 7.14 Å². The van der Waals surface area contributed by atoms with E-state index in [1.807, 2.05) is 12.1 Å². The standard InChI is InChI=1S/C15H10I2O4/c16-12-8-4-7-11(14(12)17)15(19)20-9-13(18)21-10-5-2-1-3-6-10/h1-8H,9H2. The summed E-state index contributed by atoms with van der Waals surface area (Å²) in [6.07, 6.45) is 0. The van der Waals surface area contributed by atoms with E-state index < -0.39 is 18.5 Å². The van der Waals surface area contributed by atoms with Crippen molar-refractivity contribution in [2.45, 2.75) is 0 Å². The van der Waals surface area contributed by atoms with Crippen molar-refractivity contribution in [2.24, 2.45) is 0 Å². The third-order valence-electron chi connectivity index (χ3n) is 2.47. The third kappa shape index (κ3) is 4.67. The molecule has 0 aliphatic carbocycles. The van der Waals surface area contributed by atoms with Gasteiger partial charge in [-0.15, -0.1) is 0 Å². The zero-order valence-corrected chi connectivity index (χ0v) is 15.0. The maximum absolute atomic E-state index is 11.9. The van der Waals surface area contributed by atoms with E-state index in [-0.39, 0.29) is 0 Å². The van der Waals surface area contributed by atoms with Crippen LogP contribution in [-0.2, 0) is 9.53 Å². The highest BCUT2D eigenvalue weighted by atomic mass is 127. The number of para-hydroxylation sites is 1. The summed E-state index contributed by atoms with van der Waals surface area (Å²) < 4.78 is 11.8. The second kappa shape index (κ2) is 7.74. The Morgan fingerprint density at radius 3 is 2.38 bits per heavy atom. The molecule has 0 atom stereocenters. The smallest absolute Gasteiger partial charge is 0.349 e. The molecule has 0 bridgehead atoms. The SMILES string of the molecule is O=C(COC(=O)c1cccc(I)c1I)Oc1ccccc1. The molecule has 0 saturated carbocycles. The van der Waals surface area contributed by atoms with Crippen molar-refractivity contribution < 1.29 is 19.1 Å². The van der Waals surface area contributed by atoms with Gasteiger partial charge in [0.15, 0.2) is 6.61 Å². The summed E-state index contributed by atoms with van der Waals surface area (Å²) in [7, 11) is 0. The van der Waals surface area contributed by atoms with Crippen molar-refractivity contribution >= 4 is 57.1 Å². The Hall–Kier alpha value is -1.16. The first-order chi connectivity index (χ1) is 10.1. The molecule has 2 aromatic rings. The molecular weight excluding hydrogens is 498 g/mol. The van der Waals surface area contributed by atoms with Crippen LogP contribution >= 0.6 is 45.2 Å². The molecule has 0 saturated heterocycles. The minimum absolute atomic E-state index is 0.419. The molecule has 0 fully saturated rings. The van der Waals surface area contributed by atoms with Crippen LogP contribution in [0.1, 0.15) is 10.4 Å². The van der Waals surface area contributed by atoms with E-state index in [1.165, 1.54) is 0 Å². The highest BCUT2D eigenvalue weighted by Gasteiger charge is 2.15. The lowest BCUT2D eigenvalue weighted by molar-refractivity contribution is -0.137. The molecule has 0 unspecified atom stereocenters. The molecule has 21 heavy (non-hydrogen) atoms. The lowest BCUT2D eigenvalue weighted by atomic mass is 10.2. The molecule has 108 valence electrons. The summed E-state index contributed by atoms with van der Waals surface area (Å²) in [4.78, 5) is 23.5. The van der Waals surface area contributed by atoms with Crippen LogP contribution in [0.5, 0.6) is 5.75 Å². The molecule has 2 rings (SSSR count). The van der Waals surface area contributed by atoms with E-state index in [9.17, 15) is 9.59 Å². The van der Waals surface area contributed by atoms with Crippen molar-refractivity contribution in [1.82, 2.24) is 0 Å². The van der Waals surface area contributed by atoms with Crippen molar-refractivity contribution in [3.8, 4) is 5.75 Å². The van der Waals surface area contributed by atoms with Crippen LogP contribution in [0.4, 0.5) is 0 Å². The number of hydrogen-bond donors (Lipinski definition) is 0. The van der Waals surface area contributed by atoms with E-state index >= 15 is 0 Å². The fourth-order valence-corrected chi connectivity index (χ4v) is 2.59. The van der Waals surface area contributed by atoms with Crippen LogP contribution in [-0.4, -0.2) is 18.5 Å². The van der Waals surface area contributed by atoms with Gasteiger partial charge in [0.05, 0.1) is 5.56 Å². The molecule has 0 N–H and O–H groups in total. The molecule has 0 heterocycles. The number of benzene rings is 2. The Labute approximate surface area is 149 Å².